The molecule has 2 rings (SSSR count). The number of hydrogen-bond acceptors (Lipinski definition) is 3. The Labute approximate surface area is 101 Å². The third-order valence-corrected chi connectivity index (χ3v) is 4.50. The van der Waals surface area contributed by atoms with Crippen molar-refractivity contribution in [3.63, 3.8) is 0 Å². The molecule has 0 aromatic rings. The second-order valence-corrected chi connectivity index (χ2v) is 5.67. The van der Waals surface area contributed by atoms with Crippen molar-refractivity contribution in [1.29, 1.82) is 0 Å². The lowest BCUT2D eigenvalue weighted by Crippen LogP contribution is -2.32. The average Bonchev–Trinajstić information content (AvgIpc) is 2.84. The summed E-state index contributed by atoms with van der Waals surface area (Å²) in [6.07, 6.45) is 6.65. The summed E-state index contributed by atoms with van der Waals surface area (Å²) in [5.41, 5.74) is 1.48. The summed E-state index contributed by atoms with van der Waals surface area (Å²) < 4.78 is 0. The van der Waals surface area contributed by atoms with Gasteiger partial charge in [-0.05, 0) is 38.0 Å². The van der Waals surface area contributed by atoms with Crippen LogP contribution >= 0.6 is 11.8 Å². The van der Waals surface area contributed by atoms with Crippen molar-refractivity contribution in [3.8, 4) is 0 Å². The fourth-order valence-electron chi connectivity index (χ4n) is 2.14. The highest BCUT2D eigenvalue weighted by molar-refractivity contribution is 8.00. The maximum absolute atomic E-state index is 11.7. The second-order valence-electron chi connectivity index (χ2n) is 4.36. The van der Waals surface area contributed by atoms with Gasteiger partial charge in [-0.2, -0.15) is 0 Å². The highest BCUT2D eigenvalue weighted by atomic mass is 32.2. The number of nitrogens with one attached hydrogen (secondary N) is 2. The van der Waals surface area contributed by atoms with Crippen LogP contribution in [0.3, 0.4) is 0 Å². The van der Waals surface area contributed by atoms with Gasteiger partial charge in [0.2, 0.25) is 5.91 Å². The van der Waals surface area contributed by atoms with Crippen LogP contribution in [0.4, 0.5) is 0 Å². The zero-order valence-corrected chi connectivity index (χ0v) is 10.4. The van der Waals surface area contributed by atoms with E-state index in [2.05, 4.69) is 16.7 Å². The first-order chi connectivity index (χ1) is 7.86. The van der Waals surface area contributed by atoms with E-state index >= 15 is 0 Å². The highest BCUT2D eigenvalue weighted by Gasteiger charge is 2.22. The third kappa shape index (κ3) is 3.52. The first kappa shape index (κ1) is 12.0. The van der Waals surface area contributed by atoms with Gasteiger partial charge in [0, 0.05) is 13.1 Å². The van der Waals surface area contributed by atoms with Crippen LogP contribution in [0.15, 0.2) is 11.6 Å². The minimum atomic E-state index is 0.224. The van der Waals surface area contributed by atoms with Crippen molar-refractivity contribution in [2.24, 2.45) is 0 Å². The summed E-state index contributed by atoms with van der Waals surface area (Å²) in [6, 6.07) is 0. The molecule has 0 aromatic carbocycles. The predicted molar refractivity (Wildman–Crippen MR) is 68.7 cm³/mol. The first-order valence-corrected chi connectivity index (χ1v) is 7.19. The smallest absolute Gasteiger partial charge is 0.233 e. The quantitative estimate of drug-likeness (QED) is 0.728. The summed E-state index contributed by atoms with van der Waals surface area (Å²) in [6.45, 7) is 2.88. The standard InChI is InChI=1S/C12H20N2OS/c15-12(11-2-1-9-16-11)14-8-5-10-3-6-13-7-4-10/h3,11,13H,1-2,4-9H2,(H,14,15). The van der Waals surface area contributed by atoms with Crippen LogP contribution in [0, 0.1) is 0 Å². The van der Waals surface area contributed by atoms with Gasteiger partial charge in [0.25, 0.3) is 0 Å². The Hall–Kier alpha value is -0.480. The van der Waals surface area contributed by atoms with Crippen LogP contribution in [-0.2, 0) is 4.79 Å². The van der Waals surface area contributed by atoms with E-state index in [1.165, 1.54) is 12.0 Å². The SMILES string of the molecule is O=C(NCCC1=CCNCC1)C1CCCS1. The van der Waals surface area contributed by atoms with Crippen molar-refractivity contribution in [1.82, 2.24) is 10.6 Å². The van der Waals surface area contributed by atoms with Gasteiger partial charge in [-0.1, -0.05) is 11.6 Å². The summed E-state index contributed by atoms with van der Waals surface area (Å²) in [7, 11) is 0. The van der Waals surface area contributed by atoms with Gasteiger partial charge < -0.3 is 10.6 Å². The lowest BCUT2D eigenvalue weighted by Gasteiger charge is -2.15. The van der Waals surface area contributed by atoms with E-state index in [-0.39, 0.29) is 11.2 Å². The molecule has 16 heavy (non-hydrogen) atoms. The lowest BCUT2D eigenvalue weighted by molar-refractivity contribution is -0.120. The molecule has 1 saturated heterocycles. The number of hydrogen-bond donors (Lipinski definition) is 2. The van der Waals surface area contributed by atoms with Gasteiger partial charge >= 0.3 is 0 Å². The van der Waals surface area contributed by atoms with E-state index in [4.69, 9.17) is 0 Å². The first-order valence-electron chi connectivity index (χ1n) is 6.14. The van der Waals surface area contributed by atoms with Crippen LogP contribution in [0.25, 0.3) is 0 Å². The lowest BCUT2D eigenvalue weighted by atomic mass is 10.1. The van der Waals surface area contributed by atoms with Gasteiger partial charge in [-0.3, -0.25) is 4.79 Å². The van der Waals surface area contributed by atoms with E-state index in [1.54, 1.807) is 11.8 Å². The molecule has 0 bridgehead atoms. The molecule has 1 fully saturated rings. The molecule has 0 saturated carbocycles. The molecule has 90 valence electrons. The normalized spacial score (nSPS) is 25.2. The topological polar surface area (TPSA) is 41.1 Å². The average molecular weight is 240 g/mol. The molecule has 1 atom stereocenters. The molecule has 4 heteroatoms. The Balaban J connectivity index is 1.63. The van der Waals surface area contributed by atoms with Crippen molar-refractivity contribution in [3.05, 3.63) is 11.6 Å². The molecular formula is C12H20N2OS. The van der Waals surface area contributed by atoms with Crippen LogP contribution < -0.4 is 10.6 Å². The largest absolute Gasteiger partial charge is 0.355 e. The number of amides is 1. The maximum atomic E-state index is 11.7. The number of carbonyl (C=O) groups is 1. The summed E-state index contributed by atoms with van der Waals surface area (Å²) >= 11 is 1.80. The third-order valence-electron chi connectivity index (χ3n) is 3.13. The fraction of sp³-hybridized carbons (Fsp3) is 0.750. The molecule has 0 spiro atoms. The Bertz CT molecular complexity index is 272. The molecule has 2 N–H and O–H groups in total. The molecule has 1 unspecified atom stereocenters. The van der Waals surface area contributed by atoms with E-state index < -0.39 is 0 Å². The Morgan fingerprint density at radius 3 is 3.25 bits per heavy atom. The minimum absolute atomic E-state index is 0.224. The number of thioether (sulfide) groups is 1. The zero-order valence-electron chi connectivity index (χ0n) is 9.63. The van der Waals surface area contributed by atoms with Gasteiger partial charge in [0.1, 0.15) is 0 Å². The molecular weight excluding hydrogens is 220 g/mol. The number of rotatable bonds is 4. The van der Waals surface area contributed by atoms with Gasteiger partial charge in [0.15, 0.2) is 0 Å². The molecule has 1 amide bonds. The summed E-state index contributed by atoms with van der Waals surface area (Å²) in [5.74, 6) is 1.39. The monoisotopic (exact) mass is 240 g/mol. The molecule has 2 aliphatic rings. The molecule has 2 heterocycles. The summed E-state index contributed by atoms with van der Waals surface area (Å²) in [4.78, 5) is 11.7. The molecule has 3 nitrogen and oxygen atoms in total. The van der Waals surface area contributed by atoms with Crippen LogP contribution in [0.5, 0.6) is 0 Å². The van der Waals surface area contributed by atoms with Crippen molar-refractivity contribution in [2.45, 2.75) is 30.9 Å². The highest BCUT2D eigenvalue weighted by Crippen LogP contribution is 2.25. The van der Waals surface area contributed by atoms with E-state index in [0.29, 0.717) is 0 Å². The van der Waals surface area contributed by atoms with Crippen molar-refractivity contribution >= 4 is 17.7 Å². The van der Waals surface area contributed by atoms with E-state index in [9.17, 15) is 4.79 Å². The predicted octanol–water partition coefficient (Wildman–Crippen LogP) is 1.31. The van der Waals surface area contributed by atoms with Gasteiger partial charge in [-0.15, -0.1) is 11.8 Å². The maximum Gasteiger partial charge on any atom is 0.233 e. The fourth-order valence-corrected chi connectivity index (χ4v) is 3.33. The zero-order chi connectivity index (χ0) is 11.2. The van der Waals surface area contributed by atoms with Gasteiger partial charge in [-0.25, -0.2) is 0 Å². The number of carbonyl (C=O) groups excluding carboxylic acids is 1. The van der Waals surface area contributed by atoms with Crippen LogP contribution in [0.2, 0.25) is 0 Å². The van der Waals surface area contributed by atoms with E-state index in [0.717, 1.165) is 44.6 Å². The molecule has 0 aromatic heterocycles. The molecule has 2 aliphatic heterocycles. The molecule has 0 radical (unpaired) electrons. The van der Waals surface area contributed by atoms with Crippen molar-refractivity contribution < 1.29 is 4.79 Å². The van der Waals surface area contributed by atoms with Crippen LogP contribution in [-0.4, -0.2) is 36.5 Å². The minimum Gasteiger partial charge on any atom is -0.355 e. The Morgan fingerprint density at radius 2 is 2.56 bits per heavy atom. The van der Waals surface area contributed by atoms with Crippen LogP contribution in [0.1, 0.15) is 25.7 Å². The van der Waals surface area contributed by atoms with Gasteiger partial charge in [0.05, 0.1) is 5.25 Å². The van der Waals surface area contributed by atoms with E-state index in [1.807, 2.05) is 0 Å². The summed E-state index contributed by atoms with van der Waals surface area (Å²) in [5, 5.41) is 6.57. The second kappa shape index (κ2) is 6.30. The Kier molecular flexibility index (Phi) is 4.72. The Morgan fingerprint density at radius 1 is 1.62 bits per heavy atom. The molecule has 0 aliphatic carbocycles. The van der Waals surface area contributed by atoms with Crippen molar-refractivity contribution in [2.75, 3.05) is 25.4 Å².